The molecule has 0 saturated heterocycles. The molecule has 110 valence electrons. The van der Waals surface area contributed by atoms with Gasteiger partial charge >= 0.3 is 0 Å². The molecule has 1 aromatic rings. The largest absolute Gasteiger partial charge is 0.497 e. The molecule has 3 rings (SSSR count). The van der Waals surface area contributed by atoms with Crippen molar-refractivity contribution in [1.82, 2.24) is 0 Å². The van der Waals surface area contributed by atoms with Gasteiger partial charge in [0.1, 0.15) is 5.75 Å². The summed E-state index contributed by atoms with van der Waals surface area (Å²) in [6.07, 6.45) is 6.13. The molecule has 0 amide bonds. The van der Waals surface area contributed by atoms with E-state index in [0.29, 0.717) is 0 Å². The quantitative estimate of drug-likeness (QED) is 0.834. The first-order chi connectivity index (χ1) is 10.1. The number of carbonyl (C=O) groups is 2. The Bertz CT molecular complexity index is 642. The summed E-state index contributed by atoms with van der Waals surface area (Å²) in [5, 5.41) is 0. The summed E-state index contributed by atoms with van der Waals surface area (Å²) in [5.74, 6) is 0.945. The molecular weight excluding hydrogens is 264 g/mol. The van der Waals surface area contributed by atoms with Crippen LogP contribution in [0.3, 0.4) is 0 Å². The minimum Gasteiger partial charge on any atom is -0.497 e. The number of ether oxygens (including phenoxy) is 1. The highest BCUT2D eigenvalue weighted by atomic mass is 16.5. The lowest BCUT2D eigenvalue weighted by atomic mass is 9.71. The van der Waals surface area contributed by atoms with Crippen LogP contribution >= 0.6 is 0 Å². The SMILES string of the molecule is COc1ccc2c(c1)CCCC1(CCC=C1C(C)=O)C2=O. The first-order valence-corrected chi connectivity index (χ1v) is 7.52. The van der Waals surface area contributed by atoms with E-state index in [1.165, 1.54) is 0 Å². The summed E-state index contributed by atoms with van der Waals surface area (Å²) < 4.78 is 5.26. The van der Waals surface area contributed by atoms with Gasteiger partial charge in [0, 0.05) is 11.1 Å². The molecule has 0 bridgehead atoms. The van der Waals surface area contributed by atoms with Gasteiger partial charge in [-0.25, -0.2) is 0 Å². The molecule has 0 radical (unpaired) electrons. The van der Waals surface area contributed by atoms with Crippen LogP contribution in [0.2, 0.25) is 0 Å². The maximum absolute atomic E-state index is 13.1. The predicted molar refractivity (Wildman–Crippen MR) is 80.7 cm³/mol. The second-order valence-electron chi connectivity index (χ2n) is 6.00. The molecule has 0 heterocycles. The zero-order chi connectivity index (χ0) is 15.0. The second-order valence-corrected chi connectivity index (χ2v) is 6.00. The van der Waals surface area contributed by atoms with Gasteiger partial charge in [0.2, 0.25) is 0 Å². The van der Waals surface area contributed by atoms with Crippen molar-refractivity contribution in [3.63, 3.8) is 0 Å². The van der Waals surface area contributed by atoms with Crippen LogP contribution in [0.1, 0.15) is 48.5 Å². The fourth-order valence-electron chi connectivity index (χ4n) is 3.85. The maximum atomic E-state index is 13.1. The van der Waals surface area contributed by atoms with Gasteiger partial charge in [0.05, 0.1) is 12.5 Å². The van der Waals surface area contributed by atoms with Crippen molar-refractivity contribution in [2.45, 2.75) is 39.0 Å². The van der Waals surface area contributed by atoms with Gasteiger partial charge in [0.15, 0.2) is 11.6 Å². The van der Waals surface area contributed by atoms with E-state index in [4.69, 9.17) is 4.74 Å². The van der Waals surface area contributed by atoms with Gasteiger partial charge in [-0.3, -0.25) is 9.59 Å². The summed E-state index contributed by atoms with van der Waals surface area (Å²) in [7, 11) is 1.63. The van der Waals surface area contributed by atoms with Gasteiger partial charge in [-0.1, -0.05) is 6.08 Å². The van der Waals surface area contributed by atoms with Crippen LogP contribution in [-0.4, -0.2) is 18.7 Å². The number of fused-ring (bicyclic) bond motifs is 1. The first kappa shape index (κ1) is 14.1. The third-order valence-electron chi connectivity index (χ3n) is 4.86. The smallest absolute Gasteiger partial charge is 0.173 e. The summed E-state index contributed by atoms with van der Waals surface area (Å²) >= 11 is 0. The minimum absolute atomic E-state index is 0.0396. The first-order valence-electron chi connectivity index (χ1n) is 7.52. The Kier molecular flexibility index (Phi) is 3.44. The van der Waals surface area contributed by atoms with Gasteiger partial charge in [-0.2, -0.15) is 0 Å². The molecule has 0 fully saturated rings. The lowest BCUT2D eigenvalue weighted by Crippen LogP contribution is -2.33. The third kappa shape index (κ3) is 2.11. The predicted octanol–water partition coefficient (Wildman–Crippen LogP) is 3.51. The van der Waals surface area contributed by atoms with E-state index in [9.17, 15) is 9.59 Å². The minimum atomic E-state index is -0.578. The average Bonchev–Trinajstić information content (AvgIpc) is 2.85. The van der Waals surface area contributed by atoms with Crippen LogP contribution in [0.15, 0.2) is 29.8 Å². The number of carbonyl (C=O) groups excluding carboxylic acids is 2. The average molecular weight is 284 g/mol. The van der Waals surface area contributed by atoms with Gasteiger partial charge in [-0.15, -0.1) is 0 Å². The van der Waals surface area contributed by atoms with Crippen LogP contribution in [0.4, 0.5) is 0 Å². The number of hydrogen-bond donors (Lipinski definition) is 0. The number of Topliss-reactive ketones (excluding diaryl/α,β-unsaturated/α-hetero) is 2. The van der Waals surface area contributed by atoms with E-state index in [1.54, 1.807) is 14.0 Å². The number of benzene rings is 1. The Morgan fingerprint density at radius 1 is 1.29 bits per heavy atom. The Hall–Kier alpha value is -1.90. The number of hydrogen-bond acceptors (Lipinski definition) is 3. The summed E-state index contributed by atoms with van der Waals surface area (Å²) in [6, 6.07) is 5.65. The molecule has 21 heavy (non-hydrogen) atoms. The van der Waals surface area contributed by atoms with Gasteiger partial charge in [0.25, 0.3) is 0 Å². The summed E-state index contributed by atoms with van der Waals surface area (Å²) in [6.45, 7) is 1.58. The van der Waals surface area contributed by atoms with Gasteiger partial charge in [-0.05, 0) is 62.8 Å². The van der Waals surface area contributed by atoms with E-state index in [0.717, 1.165) is 54.6 Å². The molecule has 0 aromatic heterocycles. The second kappa shape index (κ2) is 5.14. The monoisotopic (exact) mass is 284 g/mol. The standard InChI is InChI=1S/C18H20O3/c1-12(19)16-6-4-10-18(16)9-3-5-13-11-14(21-2)7-8-15(13)17(18)20/h6-8,11H,3-5,9-10H2,1-2H3. The number of ketones is 2. The molecular formula is C18H20O3. The molecule has 3 heteroatoms. The fourth-order valence-corrected chi connectivity index (χ4v) is 3.85. The Morgan fingerprint density at radius 2 is 2.10 bits per heavy atom. The Morgan fingerprint density at radius 3 is 2.81 bits per heavy atom. The fraction of sp³-hybridized carbons (Fsp3) is 0.444. The Labute approximate surface area is 125 Å². The van der Waals surface area contributed by atoms with Crippen LogP contribution in [-0.2, 0) is 11.2 Å². The van der Waals surface area contributed by atoms with Crippen molar-refractivity contribution >= 4 is 11.6 Å². The van der Waals surface area contributed by atoms with E-state index in [-0.39, 0.29) is 11.6 Å². The molecule has 1 aromatic carbocycles. The van der Waals surface area contributed by atoms with Crippen molar-refractivity contribution in [3.05, 3.63) is 41.0 Å². The zero-order valence-corrected chi connectivity index (χ0v) is 12.6. The molecule has 1 spiro atoms. The molecule has 3 nitrogen and oxygen atoms in total. The van der Waals surface area contributed by atoms with Crippen LogP contribution in [0.5, 0.6) is 5.75 Å². The van der Waals surface area contributed by atoms with Crippen LogP contribution < -0.4 is 4.74 Å². The topological polar surface area (TPSA) is 43.4 Å². The third-order valence-corrected chi connectivity index (χ3v) is 4.86. The number of allylic oxidation sites excluding steroid dienone is 2. The highest BCUT2D eigenvalue weighted by Gasteiger charge is 2.47. The van der Waals surface area contributed by atoms with Crippen molar-refractivity contribution < 1.29 is 14.3 Å². The molecule has 2 aliphatic rings. The van der Waals surface area contributed by atoms with E-state index in [2.05, 4.69) is 0 Å². The molecule has 1 atom stereocenters. The van der Waals surface area contributed by atoms with E-state index in [1.807, 2.05) is 24.3 Å². The maximum Gasteiger partial charge on any atom is 0.173 e. The van der Waals surface area contributed by atoms with Crippen molar-refractivity contribution in [3.8, 4) is 5.75 Å². The van der Waals surface area contributed by atoms with Crippen LogP contribution in [0.25, 0.3) is 0 Å². The number of rotatable bonds is 2. The molecule has 0 aliphatic heterocycles. The highest BCUT2D eigenvalue weighted by molar-refractivity contribution is 6.11. The van der Waals surface area contributed by atoms with Crippen molar-refractivity contribution in [2.75, 3.05) is 7.11 Å². The summed E-state index contributed by atoms with van der Waals surface area (Å²) in [4.78, 5) is 25.1. The molecule has 0 saturated carbocycles. The summed E-state index contributed by atoms with van der Waals surface area (Å²) in [5.41, 5.74) is 1.97. The highest BCUT2D eigenvalue weighted by Crippen LogP contribution is 2.48. The zero-order valence-electron chi connectivity index (χ0n) is 12.6. The van der Waals surface area contributed by atoms with Crippen molar-refractivity contribution in [1.29, 1.82) is 0 Å². The van der Waals surface area contributed by atoms with E-state index < -0.39 is 5.41 Å². The lowest BCUT2D eigenvalue weighted by molar-refractivity contribution is -0.114. The molecule has 1 unspecified atom stereocenters. The number of aryl methyl sites for hydroxylation is 1. The Balaban J connectivity index is 2.09. The normalized spacial score (nSPS) is 24.5. The molecule has 2 aliphatic carbocycles. The number of methoxy groups -OCH3 is 1. The lowest BCUT2D eigenvalue weighted by Gasteiger charge is -2.29. The van der Waals surface area contributed by atoms with E-state index >= 15 is 0 Å². The van der Waals surface area contributed by atoms with Crippen molar-refractivity contribution in [2.24, 2.45) is 5.41 Å². The molecule has 0 N–H and O–H groups in total. The van der Waals surface area contributed by atoms with Crippen LogP contribution in [0, 0.1) is 5.41 Å². The van der Waals surface area contributed by atoms with Gasteiger partial charge < -0.3 is 4.74 Å².